The molecule has 2 aromatic carbocycles. The summed E-state index contributed by atoms with van der Waals surface area (Å²) in [6.45, 7) is 3.84. The lowest BCUT2D eigenvalue weighted by Gasteiger charge is -2.08. The molecule has 0 aromatic heterocycles. The Bertz CT molecular complexity index is 470. The maximum Gasteiger partial charge on any atom is 0.0483 e. The Labute approximate surface area is 112 Å². The lowest BCUT2D eigenvalue weighted by Crippen LogP contribution is -1.89. The maximum atomic E-state index is 3.84. The van der Waals surface area contributed by atoms with Gasteiger partial charge in [-0.15, -0.1) is 12.3 Å². The van der Waals surface area contributed by atoms with E-state index in [1.807, 2.05) is 0 Å². The van der Waals surface area contributed by atoms with Crippen LogP contribution in [0.2, 0.25) is 6.04 Å². The second-order valence-corrected chi connectivity index (χ2v) is 5.95. The van der Waals surface area contributed by atoms with Crippen molar-refractivity contribution < 1.29 is 0 Å². The molecule has 0 aliphatic heterocycles. The Balaban J connectivity index is 2.35. The van der Waals surface area contributed by atoms with Crippen molar-refractivity contribution in [3.63, 3.8) is 0 Å². The van der Waals surface area contributed by atoms with Gasteiger partial charge in [-0.25, -0.2) is 0 Å². The van der Waals surface area contributed by atoms with Crippen molar-refractivity contribution in [3.05, 3.63) is 90.1 Å². The predicted octanol–water partition coefficient (Wildman–Crippen LogP) is 3.85. The molecule has 0 saturated heterocycles. The molecule has 0 N–H and O–H groups in total. The van der Waals surface area contributed by atoms with Crippen molar-refractivity contribution in [1.82, 2.24) is 0 Å². The monoisotopic (exact) mass is 250 g/mol. The summed E-state index contributed by atoms with van der Waals surface area (Å²) < 4.78 is 0. The fraction of sp³-hybridized carbons (Fsp3) is 0.0588. The minimum absolute atomic E-state index is 0.143. The maximum absolute atomic E-state index is 3.84. The highest BCUT2D eigenvalue weighted by molar-refractivity contribution is 6.42. The van der Waals surface area contributed by atoms with Crippen LogP contribution in [-0.4, -0.2) is 9.52 Å². The summed E-state index contributed by atoms with van der Waals surface area (Å²) >= 11 is 0. The highest BCUT2D eigenvalue weighted by atomic mass is 28.2. The molecule has 0 nitrogen and oxygen atoms in total. The molecule has 0 fully saturated rings. The van der Waals surface area contributed by atoms with Crippen LogP contribution in [0.15, 0.2) is 79.0 Å². The van der Waals surface area contributed by atoms with Gasteiger partial charge in [-0.3, -0.25) is 0 Å². The molecule has 0 spiro atoms. The summed E-state index contributed by atoms with van der Waals surface area (Å²) in [5.41, 5.74) is 6.03. The summed E-state index contributed by atoms with van der Waals surface area (Å²) in [6.07, 6.45) is 2.36. The van der Waals surface area contributed by atoms with E-state index < -0.39 is 0 Å². The van der Waals surface area contributed by atoms with Crippen molar-refractivity contribution in [2.45, 2.75) is 6.04 Å². The van der Waals surface area contributed by atoms with Crippen molar-refractivity contribution in [2.24, 2.45) is 0 Å². The fourth-order valence-electron chi connectivity index (χ4n) is 1.98. The third-order valence-corrected chi connectivity index (χ3v) is 3.92. The van der Waals surface area contributed by atoms with Crippen molar-refractivity contribution in [1.29, 1.82) is 0 Å². The summed E-state index contributed by atoms with van der Waals surface area (Å²) in [6, 6.07) is 22.4. The molecule has 90 valence electrons. The van der Waals surface area contributed by atoms with Gasteiger partial charge >= 0.3 is 0 Å². The van der Waals surface area contributed by atoms with Crippen LogP contribution in [-0.2, 0) is 0 Å². The van der Waals surface area contributed by atoms with Crippen LogP contribution in [0.1, 0.15) is 11.1 Å². The normalized spacial score (nSPS) is 10.4. The van der Waals surface area contributed by atoms with E-state index in [0.29, 0.717) is 0 Å². The Morgan fingerprint density at radius 1 is 0.889 bits per heavy atom. The molecule has 0 aliphatic rings. The molecule has 0 amide bonds. The molecule has 2 aromatic rings. The molecule has 0 atom stereocenters. The number of allylic oxidation sites excluding steroid dienone is 1. The van der Waals surface area contributed by atoms with Gasteiger partial charge in [0.1, 0.15) is 0 Å². The highest BCUT2D eigenvalue weighted by Crippen LogP contribution is 2.23. The Hall–Kier alpha value is -1.86. The second kappa shape index (κ2) is 6.77. The van der Waals surface area contributed by atoms with Crippen LogP contribution < -0.4 is 0 Å². The zero-order chi connectivity index (χ0) is 12.6. The van der Waals surface area contributed by atoms with Crippen LogP contribution in [0.4, 0.5) is 0 Å². The molecule has 0 saturated carbocycles. The molecule has 0 aliphatic carbocycles. The largest absolute Gasteiger partial charge is 0.108 e. The number of hydrogen-bond donors (Lipinski definition) is 0. The summed E-state index contributed by atoms with van der Waals surface area (Å²) in [5, 5.41) is 0. The van der Waals surface area contributed by atoms with E-state index in [4.69, 9.17) is 0 Å². The molecule has 0 radical (unpaired) electrons. The van der Waals surface area contributed by atoms with Gasteiger partial charge in [0.25, 0.3) is 0 Å². The van der Waals surface area contributed by atoms with E-state index in [-0.39, 0.29) is 9.52 Å². The quantitative estimate of drug-likeness (QED) is 0.558. The molecular formula is C17H18Si. The standard InChI is InChI=1S/C17H18Si/c1-2-18-14-13-17(15-9-5-3-6-10-15)16-11-7-4-8-12-16/h2-13H,1,14,18H2. The Morgan fingerprint density at radius 3 is 1.83 bits per heavy atom. The highest BCUT2D eigenvalue weighted by Gasteiger charge is 2.02. The molecule has 18 heavy (non-hydrogen) atoms. The first-order valence-corrected chi connectivity index (χ1v) is 8.15. The lowest BCUT2D eigenvalue weighted by molar-refractivity contribution is 1.52. The van der Waals surface area contributed by atoms with Gasteiger partial charge < -0.3 is 0 Å². The fourth-order valence-corrected chi connectivity index (χ4v) is 2.67. The zero-order valence-corrected chi connectivity index (χ0v) is 12.0. The van der Waals surface area contributed by atoms with Crippen LogP contribution in [0.3, 0.4) is 0 Å². The van der Waals surface area contributed by atoms with Gasteiger partial charge in [0.2, 0.25) is 0 Å². The van der Waals surface area contributed by atoms with Crippen LogP contribution in [0, 0.1) is 0 Å². The van der Waals surface area contributed by atoms with Crippen molar-refractivity contribution >= 4 is 15.1 Å². The second-order valence-electron chi connectivity index (χ2n) is 4.22. The van der Waals surface area contributed by atoms with E-state index in [9.17, 15) is 0 Å². The minimum Gasteiger partial charge on any atom is -0.108 e. The molecule has 0 heterocycles. The van der Waals surface area contributed by atoms with Gasteiger partial charge in [0.15, 0.2) is 0 Å². The smallest absolute Gasteiger partial charge is 0.0483 e. The third kappa shape index (κ3) is 3.31. The van der Waals surface area contributed by atoms with E-state index in [1.54, 1.807) is 0 Å². The van der Waals surface area contributed by atoms with Gasteiger partial charge in [-0.1, -0.05) is 66.7 Å². The van der Waals surface area contributed by atoms with Gasteiger partial charge in [-0.2, -0.15) is 0 Å². The molecule has 0 bridgehead atoms. The summed E-state index contributed by atoms with van der Waals surface area (Å²) in [5.74, 6) is 0. The first-order valence-electron chi connectivity index (χ1n) is 6.33. The van der Waals surface area contributed by atoms with E-state index in [2.05, 4.69) is 79.0 Å². The van der Waals surface area contributed by atoms with E-state index in [0.717, 1.165) is 0 Å². The average Bonchev–Trinajstić information content (AvgIpc) is 2.46. The van der Waals surface area contributed by atoms with Gasteiger partial charge in [0.05, 0.1) is 0 Å². The van der Waals surface area contributed by atoms with Crippen molar-refractivity contribution in [2.75, 3.05) is 0 Å². The SMILES string of the molecule is C=C[SiH2]CC=C(c1ccccc1)c1ccccc1. The topological polar surface area (TPSA) is 0 Å². The summed E-state index contributed by atoms with van der Waals surface area (Å²) in [4.78, 5) is 0. The molecule has 1 heteroatoms. The first kappa shape index (κ1) is 12.6. The van der Waals surface area contributed by atoms with Gasteiger partial charge in [-0.05, 0) is 22.7 Å². The Kier molecular flexibility index (Phi) is 4.74. The van der Waals surface area contributed by atoms with Crippen molar-refractivity contribution in [3.8, 4) is 0 Å². The van der Waals surface area contributed by atoms with E-state index in [1.165, 1.54) is 22.7 Å². The average molecular weight is 250 g/mol. The van der Waals surface area contributed by atoms with Crippen LogP contribution in [0.25, 0.3) is 5.57 Å². The summed E-state index contributed by atoms with van der Waals surface area (Å²) in [7, 11) is -0.143. The lowest BCUT2D eigenvalue weighted by atomic mass is 9.98. The minimum atomic E-state index is -0.143. The molecule has 2 rings (SSSR count). The number of benzene rings is 2. The van der Waals surface area contributed by atoms with Crippen LogP contribution in [0.5, 0.6) is 0 Å². The third-order valence-electron chi connectivity index (χ3n) is 2.89. The molecular weight excluding hydrogens is 232 g/mol. The van der Waals surface area contributed by atoms with Gasteiger partial charge in [0, 0.05) is 9.52 Å². The van der Waals surface area contributed by atoms with Crippen LogP contribution >= 0.6 is 0 Å². The Morgan fingerprint density at radius 2 is 1.39 bits per heavy atom. The number of rotatable bonds is 5. The number of hydrogen-bond acceptors (Lipinski definition) is 0. The first-order chi connectivity index (χ1) is 8.92. The zero-order valence-electron chi connectivity index (χ0n) is 10.5. The molecule has 0 unspecified atom stereocenters. The predicted molar refractivity (Wildman–Crippen MR) is 83.5 cm³/mol. The van der Waals surface area contributed by atoms with E-state index >= 15 is 0 Å².